The molecule has 1 saturated heterocycles. The van der Waals surface area contributed by atoms with E-state index in [0.29, 0.717) is 12.5 Å². The second-order valence-corrected chi connectivity index (χ2v) is 5.73. The van der Waals surface area contributed by atoms with Crippen molar-refractivity contribution in [2.24, 2.45) is 11.7 Å². The molecule has 0 radical (unpaired) electrons. The zero-order valence-electron chi connectivity index (χ0n) is 12.3. The van der Waals surface area contributed by atoms with Gasteiger partial charge in [0.1, 0.15) is 0 Å². The predicted molar refractivity (Wildman–Crippen MR) is 74.7 cm³/mol. The lowest BCUT2D eigenvalue weighted by Crippen LogP contribution is -2.56. The summed E-state index contributed by atoms with van der Waals surface area (Å²) in [6.07, 6.45) is 3.29. The number of rotatable bonds is 7. The standard InChI is InChI=1S/C14H30N2O2/c1-13(2)11-16(7-10-17-3)14(12-15)5-4-8-18-9-6-14/h13H,4-12,15H2,1-3H3. The lowest BCUT2D eigenvalue weighted by Gasteiger charge is -2.43. The van der Waals surface area contributed by atoms with Crippen LogP contribution in [0.1, 0.15) is 33.1 Å². The Labute approximate surface area is 112 Å². The van der Waals surface area contributed by atoms with Crippen LogP contribution in [-0.4, -0.2) is 57.0 Å². The van der Waals surface area contributed by atoms with Crippen molar-refractivity contribution >= 4 is 0 Å². The first-order valence-corrected chi connectivity index (χ1v) is 7.16. The van der Waals surface area contributed by atoms with Crippen LogP contribution < -0.4 is 5.73 Å². The molecule has 1 aliphatic heterocycles. The molecule has 1 aliphatic rings. The molecule has 4 heteroatoms. The first-order valence-electron chi connectivity index (χ1n) is 7.16. The molecular weight excluding hydrogens is 228 g/mol. The number of nitrogens with zero attached hydrogens (tertiary/aromatic N) is 1. The molecule has 0 amide bonds. The van der Waals surface area contributed by atoms with Gasteiger partial charge in [0.25, 0.3) is 0 Å². The van der Waals surface area contributed by atoms with Gasteiger partial charge in [0.15, 0.2) is 0 Å². The van der Waals surface area contributed by atoms with Gasteiger partial charge in [-0.1, -0.05) is 13.8 Å². The van der Waals surface area contributed by atoms with E-state index in [2.05, 4.69) is 18.7 Å². The number of methoxy groups -OCH3 is 1. The predicted octanol–water partition coefficient (Wildman–Crippen LogP) is 1.49. The molecule has 0 bridgehead atoms. The Balaban J connectivity index is 2.74. The Bertz CT molecular complexity index is 214. The van der Waals surface area contributed by atoms with Gasteiger partial charge in [-0.2, -0.15) is 0 Å². The highest BCUT2D eigenvalue weighted by Crippen LogP contribution is 2.28. The normalized spacial score (nSPS) is 25.7. The van der Waals surface area contributed by atoms with E-state index in [-0.39, 0.29) is 5.54 Å². The van der Waals surface area contributed by atoms with Crippen LogP contribution in [0.15, 0.2) is 0 Å². The number of hydrogen-bond donors (Lipinski definition) is 1. The highest BCUT2D eigenvalue weighted by molar-refractivity contribution is 4.93. The molecule has 1 atom stereocenters. The minimum atomic E-state index is 0.110. The third-order valence-corrected chi connectivity index (χ3v) is 3.84. The Morgan fingerprint density at radius 2 is 2.11 bits per heavy atom. The van der Waals surface area contributed by atoms with Crippen molar-refractivity contribution in [2.45, 2.75) is 38.6 Å². The molecule has 1 rings (SSSR count). The minimum absolute atomic E-state index is 0.110. The molecule has 1 heterocycles. The highest BCUT2D eigenvalue weighted by atomic mass is 16.5. The largest absolute Gasteiger partial charge is 0.383 e. The van der Waals surface area contributed by atoms with E-state index in [1.54, 1.807) is 7.11 Å². The van der Waals surface area contributed by atoms with Crippen molar-refractivity contribution in [3.05, 3.63) is 0 Å². The lowest BCUT2D eigenvalue weighted by molar-refractivity contribution is 0.0342. The summed E-state index contributed by atoms with van der Waals surface area (Å²) < 4.78 is 10.8. The van der Waals surface area contributed by atoms with E-state index in [1.165, 1.54) is 0 Å². The molecule has 1 fully saturated rings. The monoisotopic (exact) mass is 258 g/mol. The van der Waals surface area contributed by atoms with Crippen molar-refractivity contribution in [2.75, 3.05) is 46.6 Å². The minimum Gasteiger partial charge on any atom is -0.383 e. The van der Waals surface area contributed by atoms with Crippen molar-refractivity contribution in [1.29, 1.82) is 0 Å². The summed E-state index contributed by atoms with van der Waals surface area (Å²) in [4.78, 5) is 2.54. The average Bonchev–Trinajstić information content (AvgIpc) is 2.60. The van der Waals surface area contributed by atoms with Crippen molar-refractivity contribution in [3.8, 4) is 0 Å². The summed E-state index contributed by atoms with van der Waals surface area (Å²) in [7, 11) is 1.76. The maximum Gasteiger partial charge on any atom is 0.0589 e. The fraction of sp³-hybridized carbons (Fsp3) is 1.00. The van der Waals surface area contributed by atoms with Gasteiger partial charge in [0.2, 0.25) is 0 Å². The zero-order chi connectivity index (χ0) is 13.4. The Hall–Kier alpha value is -0.160. The molecule has 18 heavy (non-hydrogen) atoms. The second-order valence-electron chi connectivity index (χ2n) is 5.73. The van der Waals surface area contributed by atoms with Crippen molar-refractivity contribution in [1.82, 2.24) is 4.90 Å². The van der Waals surface area contributed by atoms with Crippen LogP contribution in [0.2, 0.25) is 0 Å². The zero-order valence-corrected chi connectivity index (χ0v) is 12.3. The van der Waals surface area contributed by atoms with Crippen LogP contribution in [0.5, 0.6) is 0 Å². The number of ether oxygens (including phenoxy) is 2. The van der Waals surface area contributed by atoms with Crippen LogP contribution in [0, 0.1) is 5.92 Å². The second kappa shape index (κ2) is 8.10. The molecule has 0 saturated carbocycles. The summed E-state index contributed by atoms with van der Waals surface area (Å²) in [5, 5.41) is 0. The van der Waals surface area contributed by atoms with Gasteiger partial charge in [-0.3, -0.25) is 4.90 Å². The van der Waals surface area contributed by atoms with Gasteiger partial charge >= 0.3 is 0 Å². The third kappa shape index (κ3) is 4.50. The van der Waals surface area contributed by atoms with Gasteiger partial charge in [-0.25, -0.2) is 0 Å². The Morgan fingerprint density at radius 1 is 1.33 bits per heavy atom. The van der Waals surface area contributed by atoms with E-state index in [0.717, 1.165) is 52.2 Å². The van der Waals surface area contributed by atoms with E-state index >= 15 is 0 Å². The van der Waals surface area contributed by atoms with E-state index in [1.807, 2.05) is 0 Å². The van der Waals surface area contributed by atoms with Crippen molar-refractivity contribution < 1.29 is 9.47 Å². The fourth-order valence-corrected chi connectivity index (χ4v) is 2.81. The van der Waals surface area contributed by atoms with Crippen molar-refractivity contribution in [3.63, 3.8) is 0 Å². The summed E-state index contributed by atoms with van der Waals surface area (Å²) >= 11 is 0. The molecule has 0 aromatic carbocycles. The molecule has 1 unspecified atom stereocenters. The van der Waals surface area contributed by atoms with Gasteiger partial charge in [-0.05, 0) is 25.2 Å². The van der Waals surface area contributed by atoms with Gasteiger partial charge in [0.05, 0.1) is 6.61 Å². The number of nitrogens with two attached hydrogens (primary N) is 1. The quantitative estimate of drug-likeness (QED) is 0.751. The molecule has 0 spiro atoms. The molecular formula is C14H30N2O2. The van der Waals surface area contributed by atoms with Crippen LogP contribution in [0.3, 0.4) is 0 Å². The van der Waals surface area contributed by atoms with Gasteiger partial charge in [0, 0.05) is 45.5 Å². The number of hydrogen-bond acceptors (Lipinski definition) is 4. The topological polar surface area (TPSA) is 47.7 Å². The van der Waals surface area contributed by atoms with Gasteiger partial charge < -0.3 is 15.2 Å². The van der Waals surface area contributed by atoms with E-state index in [4.69, 9.17) is 15.2 Å². The first-order chi connectivity index (χ1) is 8.64. The average molecular weight is 258 g/mol. The SMILES string of the molecule is COCCN(CC(C)C)C1(CN)CCCOCC1. The summed E-state index contributed by atoms with van der Waals surface area (Å²) in [5.41, 5.74) is 6.23. The van der Waals surface area contributed by atoms with Crippen LogP contribution in [-0.2, 0) is 9.47 Å². The van der Waals surface area contributed by atoms with E-state index in [9.17, 15) is 0 Å². The van der Waals surface area contributed by atoms with Gasteiger partial charge in [-0.15, -0.1) is 0 Å². The van der Waals surface area contributed by atoms with Crippen LogP contribution >= 0.6 is 0 Å². The van der Waals surface area contributed by atoms with Crippen LogP contribution in [0.4, 0.5) is 0 Å². The van der Waals surface area contributed by atoms with Crippen LogP contribution in [0.25, 0.3) is 0 Å². The Morgan fingerprint density at radius 3 is 2.72 bits per heavy atom. The fourth-order valence-electron chi connectivity index (χ4n) is 2.81. The molecule has 4 nitrogen and oxygen atoms in total. The summed E-state index contributed by atoms with van der Waals surface area (Å²) in [6, 6.07) is 0. The highest BCUT2D eigenvalue weighted by Gasteiger charge is 2.36. The smallest absolute Gasteiger partial charge is 0.0589 e. The molecule has 108 valence electrons. The molecule has 0 aliphatic carbocycles. The summed E-state index contributed by atoms with van der Waals surface area (Å²) in [5.74, 6) is 0.648. The molecule has 2 N–H and O–H groups in total. The van der Waals surface area contributed by atoms with E-state index < -0.39 is 0 Å². The molecule has 0 aromatic rings. The third-order valence-electron chi connectivity index (χ3n) is 3.84. The Kier molecular flexibility index (Phi) is 7.15. The maximum atomic E-state index is 6.12. The first kappa shape index (κ1) is 15.9. The summed E-state index contributed by atoms with van der Waals surface area (Å²) in [6.45, 7) is 9.77. The molecule has 0 aromatic heterocycles. The lowest BCUT2D eigenvalue weighted by atomic mass is 9.87. The maximum absolute atomic E-state index is 6.12.